The number of anilines is 1. The first-order chi connectivity index (χ1) is 16.6. The number of hydrogen-bond donors (Lipinski definition) is 1. The molecule has 0 aliphatic rings. The summed E-state index contributed by atoms with van der Waals surface area (Å²) in [5.41, 5.74) is 1.87. The van der Waals surface area contributed by atoms with Crippen molar-refractivity contribution in [3.63, 3.8) is 0 Å². The van der Waals surface area contributed by atoms with Crippen LogP contribution in [0.4, 0.5) is 5.69 Å². The Hall–Kier alpha value is -3.12. The molecule has 4 rings (SSSR count). The number of thiophene rings is 1. The van der Waals surface area contributed by atoms with Crippen molar-refractivity contribution < 1.29 is 14.3 Å². The van der Waals surface area contributed by atoms with Gasteiger partial charge < -0.3 is 10.1 Å². The predicted molar refractivity (Wildman–Crippen MR) is 147 cm³/mol. The molecule has 0 bridgehead atoms. The number of fused-ring (bicyclic) bond motifs is 1. The topological polar surface area (TPSA) is 55.4 Å². The Morgan fingerprint density at radius 3 is 2.34 bits per heavy atom. The van der Waals surface area contributed by atoms with Gasteiger partial charge in [0, 0.05) is 20.8 Å². The van der Waals surface area contributed by atoms with E-state index in [1.807, 2.05) is 69.3 Å². The lowest BCUT2D eigenvalue weighted by molar-refractivity contribution is 0.00694. The molecule has 3 aromatic carbocycles. The first-order valence-corrected chi connectivity index (χ1v) is 12.5. The van der Waals surface area contributed by atoms with E-state index in [0.29, 0.717) is 31.7 Å². The minimum atomic E-state index is -0.624. The molecule has 0 fully saturated rings. The van der Waals surface area contributed by atoms with E-state index < -0.39 is 11.6 Å². The third-order valence-corrected chi connectivity index (χ3v) is 6.93. The van der Waals surface area contributed by atoms with Crippen molar-refractivity contribution in [2.45, 2.75) is 26.4 Å². The molecule has 0 aliphatic heterocycles. The highest BCUT2D eigenvalue weighted by Gasteiger charge is 2.21. The zero-order valence-electron chi connectivity index (χ0n) is 19.4. The average molecular weight is 524 g/mol. The Balaban J connectivity index is 1.68. The van der Waals surface area contributed by atoms with Crippen molar-refractivity contribution >= 4 is 74.3 Å². The molecular weight excluding hydrogens is 501 g/mol. The smallest absolute Gasteiger partial charge is 0.338 e. The second-order valence-electron chi connectivity index (χ2n) is 8.88. The number of nitrogens with one attached hydrogen (secondary N) is 1. The predicted octanol–water partition coefficient (Wildman–Crippen LogP) is 8.59. The molecular formula is C28H23Cl2NO3S. The number of esters is 1. The van der Waals surface area contributed by atoms with Gasteiger partial charge in [0.1, 0.15) is 10.5 Å². The summed E-state index contributed by atoms with van der Waals surface area (Å²) in [5, 5.41) is 4.86. The standard InChI is InChI=1S/C28H23Cl2NO3S/c1-28(2,3)34-27(33)19-12-15-22(18(16-19)11-8-17-9-13-20(29)14-10-17)31-26(32)25-24(30)21-6-4-5-7-23(21)35-25/h4-16H,1-3H3,(H,31,32)/b11-8+. The zero-order valence-corrected chi connectivity index (χ0v) is 21.7. The maximum atomic E-state index is 13.2. The van der Waals surface area contributed by atoms with E-state index >= 15 is 0 Å². The molecule has 0 unspecified atom stereocenters. The molecule has 0 aliphatic carbocycles. The van der Waals surface area contributed by atoms with Crippen LogP contribution in [-0.4, -0.2) is 17.5 Å². The van der Waals surface area contributed by atoms with E-state index in [1.54, 1.807) is 30.3 Å². The summed E-state index contributed by atoms with van der Waals surface area (Å²) in [7, 11) is 0. The zero-order chi connectivity index (χ0) is 25.2. The van der Waals surface area contributed by atoms with Crippen molar-refractivity contribution in [2.75, 3.05) is 5.32 Å². The molecule has 1 aromatic heterocycles. The van der Waals surface area contributed by atoms with E-state index in [1.165, 1.54) is 11.3 Å². The molecule has 0 radical (unpaired) electrons. The van der Waals surface area contributed by atoms with E-state index in [0.717, 1.165) is 15.6 Å². The van der Waals surface area contributed by atoms with Gasteiger partial charge in [0.15, 0.2) is 0 Å². The van der Waals surface area contributed by atoms with Crippen molar-refractivity contribution in [2.24, 2.45) is 0 Å². The SMILES string of the molecule is CC(C)(C)OC(=O)c1ccc(NC(=O)c2sc3ccccc3c2Cl)c(/C=C/c2ccc(Cl)cc2)c1. The number of benzene rings is 3. The van der Waals surface area contributed by atoms with Crippen LogP contribution in [0.5, 0.6) is 0 Å². The molecule has 0 saturated heterocycles. The highest BCUT2D eigenvalue weighted by atomic mass is 35.5. The number of ether oxygens (including phenoxy) is 1. The van der Waals surface area contributed by atoms with Crippen LogP contribution >= 0.6 is 34.5 Å². The molecule has 4 aromatic rings. The fourth-order valence-electron chi connectivity index (χ4n) is 3.38. The molecule has 1 N–H and O–H groups in total. The summed E-state index contributed by atoms with van der Waals surface area (Å²) in [5.74, 6) is -0.758. The molecule has 1 amide bonds. The van der Waals surface area contributed by atoms with Crippen LogP contribution in [0, 0.1) is 0 Å². The second-order valence-corrected chi connectivity index (χ2v) is 10.8. The van der Waals surface area contributed by atoms with Gasteiger partial charge in [-0.1, -0.05) is 65.7 Å². The summed E-state index contributed by atoms with van der Waals surface area (Å²) in [4.78, 5) is 26.2. The summed E-state index contributed by atoms with van der Waals surface area (Å²) < 4.78 is 6.45. The van der Waals surface area contributed by atoms with E-state index in [4.69, 9.17) is 27.9 Å². The quantitative estimate of drug-likeness (QED) is 0.210. The Labute approximate surface area is 218 Å². The Morgan fingerprint density at radius 1 is 0.943 bits per heavy atom. The van der Waals surface area contributed by atoms with Crippen LogP contribution in [0.15, 0.2) is 66.7 Å². The second kappa shape index (κ2) is 10.2. The molecule has 0 spiro atoms. The van der Waals surface area contributed by atoms with Crippen LogP contribution in [-0.2, 0) is 4.74 Å². The van der Waals surface area contributed by atoms with Gasteiger partial charge in [-0.15, -0.1) is 11.3 Å². The molecule has 35 heavy (non-hydrogen) atoms. The van der Waals surface area contributed by atoms with Crippen molar-refractivity contribution in [3.05, 3.63) is 98.3 Å². The van der Waals surface area contributed by atoms with E-state index in [2.05, 4.69) is 5.32 Å². The van der Waals surface area contributed by atoms with Gasteiger partial charge in [0.25, 0.3) is 5.91 Å². The summed E-state index contributed by atoms with van der Waals surface area (Å²) in [6, 6.07) is 20.0. The molecule has 0 saturated carbocycles. The van der Waals surface area contributed by atoms with Gasteiger partial charge in [-0.05, 0) is 68.3 Å². The van der Waals surface area contributed by atoms with Crippen molar-refractivity contribution in [1.82, 2.24) is 0 Å². The van der Waals surface area contributed by atoms with Crippen LogP contribution in [0.1, 0.15) is 51.9 Å². The third-order valence-electron chi connectivity index (χ3n) is 5.00. The number of rotatable bonds is 5. The van der Waals surface area contributed by atoms with Crippen LogP contribution in [0.25, 0.3) is 22.2 Å². The summed E-state index contributed by atoms with van der Waals surface area (Å²) >= 11 is 13.8. The first kappa shape index (κ1) is 25.0. The minimum Gasteiger partial charge on any atom is -0.456 e. The maximum absolute atomic E-state index is 13.2. The van der Waals surface area contributed by atoms with Gasteiger partial charge in [-0.3, -0.25) is 4.79 Å². The average Bonchev–Trinajstić information content (AvgIpc) is 3.15. The number of carbonyl (C=O) groups excluding carboxylic acids is 2. The number of amides is 1. The fraction of sp³-hybridized carbons (Fsp3) is 0.143. The minimum absolute atomic E-state index is 0.317. The van der Waals surface area contributed by atoms with Crippen LogP contribution in [0.2, 0.25) is 10.0 Å². The van der Waals surface area contributed by atoms with Crippen LogP contribution in [0.3, 0.4) is 0 Å². The third kappa shape index (κ3) is 6.12. The fourth-order valence-corrected chi connectivity index (χ4v) is 4.92. The van der Waals surface area contributed by atoms with Gasteiger partial charge in [0.2, 0.25) is 0 Å². The molecule has 178 valence electrons. The largest absolute Gasteiger partial charge is 0.456 e. The van der Waals surface area contributed by atoms with Gasteiger partial charge in [-0.25, -0.2) is 4.79 Å². The Kier molecular flexibility index (Phi) is 7.31. The summed E-state index contributed by atoms with van der Waals surface area (Å²) in [6.07, 6.45) is 3.71. The van der Waals surface area contributed by atoms with E-state index in [-0.39, 0.29) is 5.91 Å². The van der Waals surface area contributed by atoms with Gasteiger partial charge in [0.05, 0.1) is 10.6 Å². The lowest BCUT2D eigenvalue weighted by atomic mass is 10.1. The molecule has 1 heterocycles. The first-order valence-electron chi connectivity index (χ1n) is 10.9. The number of halogens is 2. The summed E-state index contributed by atoms with van der Waals surface area (Å²) in [6.45, 7) is 5.45. The Bertz CT molecular complexity index is 1430. The van der Waals surface area contributed by atoms with Crippen molar-refractivity contribution in [1.29, 1.82) is 0 Å². The normalized spacial score (nSPS) is 11.7. The molecule has 4 nitrogen and oxygen atoms in total. The van der Waals surface area contributed by atoms with Gasteiger partial charge in [-0.2, -0.15) is 0 Å². The highest BCUT2D eigenvalue weighted by Crippen LogP contribution is 2.36. The lowest BCUT2D eigenvalue weighted by Crippen LogP contribution is -2.24. The maximum Gasteiger partial charge on any atom is 0.338 e. The Morgan fingerprint density at radius 2 is 1.66 bits per heavy atom. The molecule has 0 atom stereocenters. The van der Waals surface area contributed by atoms with E-state index in [9.17, 15) is 9.59 Å². The highest BCUT2D eigenvalue weighted by molar-refractivity contribution is 7.21. The molecule has 7 heteroatoms. The number of carbonyl (C=O) groups is 2. The lowest BCUT2D eigenvalue weighted by Gasteiger charge is -2.20. The van der Waals surface area contributed by atoms with Gasteiger partial charge >= 0.3 is 5.97 Å². The van der Waals surface area contributed by atoms with Crippen LogP contribution < -0.4 is 5.32 Å². The van der Waals surface area contributed by atoms with Crippen molar-refractivity contribution in [3.8, 4) is 0 Å². The number of hydrogen-bond acceptors (Lipinski definition) is 4. The monoisotopic (exact) mass is 523 g/mol.